The number of imide groups is 2. The molecular formula is C27H38N4O9. The van der Waals surface area contributed by atoms with Crippen LogP contribution < -0.4 is 16.4 Å². The third kappa shape index (κ3) is 9.17. The van der Waals surface area contributed by atoms with Gasteiger partial charge in [0.1, 0.15) is 6.04 Å². The van der Waals surface area contributed by atoms with Gasteiger partial charge in [-0.15, -0.1) is 0 Å². The molecule has 2 heterocycles. The predicted octanol–water partition coefficient (Wildman–Crippen LogP) is 0.612. The molecular weight excluding hydrogens is 524 g/mol. The zero-order chi connectivity index (χ0) is 28.7. The maximum atomic E-state index is 13.1. The summed E-state index contributed by atoms with van der Waals surface area (Å²) in [4.78, 5) is 63.1. The molecule has 2 aliphatic rings. The van der Waals surface area contributed by atoms with Gasteiger partial charge in [-0.25, -0.2) is 0 Å². The third-order valence-electron chi connectivity index (χ3n) is 6.31. The Bertz CT molecular complexity index is 1050. The highest BCUT2D eigenvalue weighted by Crippen LogP contribution is 2.32. The Balaban J connectivity index is 1.29. The number of ether oxygens (including phenoxy) is 4. The lowest BCUT2D eigenvalue weighted by atomic mass is 10.0. The highest BCUT2D eigenvalue weighted by molar-refractivity contribution is 6.26. The number of benzene rings is 1. The zero-order valence-corrected chi connectivity index (χ0v) is 22.6. The lowest BCUT2D eigenvalue weighted by Gasteiger charge is -2.27. The molecule has 5 amide bonds. The van der Waals surface area contributed by atoms with Crippen molar-refractivity contribution in [3.05, 3.63) is 29.3 Å². The molecule has 1 aromatic carbocycles. The van der Waals surface area contributed by atoms with E-state index in [1.54, 1.807) is 12.1 Å². The van der Waals surface area contributed by atoms with Crippen LogP contribution in [0.1, 0.15) is 59.2 Å². The fourth-order valence-corrected chi connectivity index (χ4v) is 4.34. The standard InChI is InChI=1S/C27H38N4O9/c28-10-12-38-14-16-40-18-17-39-15-13-37-11-3-1-2-7-22(32)29-20-6-4-5-19-24(20)27(36)31(26(19)35)21-8-9-23(33)30-25(21)34/h4-6,21H,1-3,7-18,28H2,(H,29,32)(H,30,33,34). The van der Waals surface area contributed by atoms with E-state index in [0.29, 0.717) is 65.8 Å². The van der Waals surface area contributed by atoms with Crippen LogP contribution in [0.3, 0.4) is 0 Å². The maximum Gasteiger partial charge on any atom is 0.264 e. The Kier molecular flexibility index (Phi) is 13.1. The number of nitrogens with one attached hydrogen (secondary N) is 2. The van der Waals surface area contributed by atoms with Crippen LogP contribution in [0.5, 0.6) is 0 Å². The molecule has 1 aromatic rings. The van der Waals surface area contributed by atoms with Gasteiger partial charge in [-0.3, -0.25) is 34.2 Å². The normalized spacial score (nSPS) is 16.8. The number of nitrogens with zero attached hydrogens (tertiary/aromatic N) is 1. The fraction of sp³-hybridized carbons (Fsp3) is 0.593. The Morgan fingerprint density at radius 1 is 0.875 bits per heavy atom. The molecule has 13 heteroatoms. The van der Waals surface area contributed by atoms with Crippen molar-refractivity contribution in [2.24, 2.45) is 5.73 Å². The summed E-state index contributed by atoms with van der Waals surface area (Å²) in [5, 5.41) is 4.89. The van der Waals surface area contributed by atoms with Gasteiger partial charge in [0.25, 0.3) is 11.8 Å². The average molecular weight is 563 g/mol. The lowest BCUT2D eigenvalue weighted by Crippen LogP contribution is -2.54. The summed E-state index contributed by atoms with van der Waals surface area (Å²) in [6, 6.07) is 3.54. The van der Waals surface area contributed by atoms with Gasteiger partial charge in [-0.1, -0.05) is 12.5 Å². The van der Waals surface area contributed by atoms with Gasteiger partial charge in [0.2, 0.25) is 17.7 Å². The number of hydrogen-bond donors (Lipinski definition) is 3. The Hall–Kier alpha value is -3.23. The van der Waals surface area contributed by atoms with Crippen molar-refractivity contribution in [2.75, 3.05) is 64.7 Å². The number of fused-ring (bicyclic) bond motifs is 1. The van der Waals surface area contributed by atoms with Crippen molar-refractivity contribution in [2.45, 2.75) is 44.6 Å². The van der Waals surface area contributed by atoms with Crippen molar-refractivity contribution in [3.8, 4) is 0 Å². The van der Waals surface area contributed by atoms with E-state index in [0.717, 1.165) is 17.7 Å². The van der Waals surface area contributed by atoms with E-state index in [9.17, 15) is 24.0 Å². The molecule has 1 atom stereocenters. The van der Waals surface area contributed by atoms with Crippen molar-refractivity contribution in [1.82, 2.24) is 10.2 Å². The molecule has 1 unspecified atom stereocenters. The zero-order valence-electron chi connectivity index (χ0n) is 22.6. The third-order valence-corrected chi connectivity index (χ3v) is 6.31. The first-order chi connectivity index (χ1) is 19.4. The van der Waals surface area contributed by atoms with E-state index >= 15 is 0 Å². The fourth-order valence-electron chi connectivity index (χ4n) is 4.34. The van der Waals surface area contributed by atoms with E-state index in [2.05, 4.69) is 10.6 Å². The number of nitrogens with two attached hydrogens (primary N) is 1. The molecule has 0 radical (unpaired) electrons. The molecule has 220 valence electrons. The van der Waals surface area contributed by atoms with Gasteiger partial charge in [-0.2, -0.15) is 0 Å². The molecule has 0 spiro atoms. The van der Waals surface area contributed by atoms with Crippen LogP contribution in [0.15, 0.2) is 18.2 Å². The lowest BCUT2D eigenvalue weighted by molar-refractivity contribution is -0.136. The number of carbonyl (C=O) groups excluding carboxylic acids is 5. The number of anilines is 1. The van der Waals surface area contributed by atoms with Crippen molar-refractivity contribution in [3.63, 3.8) is 0 Å². The summed E-state index contributed by atoms with van der Waals surface area (Å²) < 4.78 is 21.5. The number of carbonyl (C=O) groups is 5. The molecule has 2 aliphatic heterocycles. The number of amides is 5. The number of hydrogen-bond acceptors (Lipinski definition) is 10. The minimum atomic E-state index is -1.06. The van der Waals surface area contributed by atoms with E-state index < -0.39 is 29.7 Å². The first-order valence-corrected chi connectivity index (χ1v) is 13.6. The number of unbranched alkanes of at least 4 members (excludes halogenated alkanes) is 2. The van der Waals surface area contributed by atoms with Gasteiger partial charge in [0.05, 0.1) is 63.1 Å². The van der Waals surface area contributed by atoms with Gasteiger partial charge in [0, 0.05) is 26.0 Å². The Morgan fingerprint density at radius 3 is 2.17 bits per heavy atom. The Labute approximate surface area is 233 Å². The SMILES string of the molecule is NCCOCCOCCOCCOCCCCCC(=O)Nc1cccc2c1C(=O)N(C1CCC(=O)NC1=O)C2=O. The second-order valence-electron chi connectivity index (χ2n) is 9.27. The van der Waals surface area contributed by atoms with E-state index in [1.807, 2.05) is 0 Å². The molecule has 0 saturated carbocycles. The summed E-state index contributed by atoms with van der Waals surface area (Å²) >= 11 is 0. The maximum absolute atomic E-state index is 13.1. The molecule has 3 rings (SSSR count). The number of piperidine rings is 1. The predicted molar refractivity (Wildman–Crippen MR) is 143 cm³/mol. The van der Waals surface area contributed by atoms with Crippen LogP contribution in [0, 0.1) is 0 Å². The first kappa shape index (κ1) is 31.3. The second kappa shape index (κ2) is 16.8. The van der Waals surface area contributed by atoms with Crippen LogP contribution in [0.25, 0.3) is 0 Å². The molecule has 40 heavy (non-hydrogen) atoms. The summed E-state index contributed by atoms with van der Waals surface area (Å²) in [6.45, 7) is 4.52. The molecule has 0 aromatic heterocycles. The van der Waals surface area contributed by atoms with Crippen LogP contribution in [-0.4, -0.2) is 99.9 Å². The summed E-state index contributed by atoms with van der Waals surface area (Å²) in [6.07, 6.45) is 2.53. The monoisotopic (exact) mass is 562 g/mol. The van der Waals surface area contributed by atoms with Gasteiger partial charge in [0.15, 0.2) is 0 Å². The smallest absolute Gasteiger partial charge is 0.264 e. The van der Waals surface area contributed by atoms with Crippen LogP contribution in [-0.2, 0) is 33.3 Å². The van der Waals surface area contributed by atoms with Crippen LogP contribution >= 0.6 is 0 Å². The molecule has 13 nitrogen and oxygen atoms in total. The largest absolute Gasteiger partial charge is 0.379 e. The van der Waals surface area contributed by atoms with Crippen molar-refractivity contribution < 1.29 is 42.9 Å². The topological polar surface area (TPSA) is 176 Å². The highest BCUT2D eigenvalue weighted by Gasteiger charge is 2.45. The van der Waals surface area contributed by atoms with Gasteiger partial charge >= 0.3 is 0 Å². The minimum Gasteiger partial charge on any atom is -0.379 e. The molecule has 4 N–H and O–H groups in total. The second-order valence-corrected chi connectivity index (χ2v) is 9.27. The molecule has 1 fully saturated rings. The Morgan fingerprint density at radius 2 is 1.52 bits per heavy atom. The quantitative estimate of drug-likeness (QED) is 0.160. The van der Waals surface area contributed by atoms with Gasteiger partial charge < -0.3 is 30.0 Å². The first-order valence-electron chi connectivity index (χ1n) is 13.6. The van der Waals surface area contributed by atoms with E-state index in [1.165, 1.54) is 6.07 Å². The van der Waals surface area contributed by atoms with Crippen molar-refractivity contribution >= 4 is 35.2 Å². The summed E-state index contributed by atoms with van der Waals surface area (Å²) in [5.74, 6) is -2.68. The number of rotatable bonds is 19. The summed E-state index contributed by atoms with van der Waals surface area (Å²) in [5.41, 5.74) is 5.73. The summed E-state index contributed by atoms with van der Waals surface area (Å²) in [7, 11) is 0. The van der Waals surface area contributed by atoms with E-state index in [-0.39, 0.29) is 42.0 Å². The average Bonchev–Trinajstić information content (AvgIpc) is 3.18. The van der Waals surface area contributed by atoms with Crippen molar-refractivity contribution in [1.29, 1.82) is 0 Å². The van der Waals surface area contributed by atoms with Crippen LogP contribution in [0.2, 0.25) is 0 Å². The highest BCUT2D eigenvalue weighted by atomic mass is 16.6. The van der Waals surface area contributed by atoms with Gasteiger partial charge in [-0.05, 0) is 31.4 Å². The molecule has 1 saturated heterocycles. The molecule has 0 bridgehead atoms. The minimum absolute atomic E-state index is 0.0364. The molecule has 0 aliphatic carbocycles. The van der Waals surface area contributed by atoms with E-state index in [4.69, 9.17) is 24.7 Å². The van der Waals surface area contributed by atoms with Crippen LogP contribution in [0.4, 0.5) is 5.69 Å².